The summed E-state index contributed by atoms with van der Waals surface area (Å²) in [6.45, 7) is 1.78. The van der Waals surface area contributed by atoms with Crippen molar-refractivity contribution in [3.8, 4) is 0 Å². The molecule has 0 unspecified atom stereocenters. The number of amides is 1. The minimum absolute atomic E-state index is 0.0640. The van der Waals surface area contributed by atoms with Crippen molar-refractivity contribution < 1.29 is 9.18 Å². The molecule has 1 aromatic carbocycles. The molecule has 0 aromatic heterocycles. The van der Waals surface area contributed by atoms with Gasteiger partial charge in [0.15, 0.2) is 0 Å². The third-order valence-electron chi connectivity index (χ3n) is 2.54. The number of carbonyl (C=O) groups is 1. The summed E-state index contributed by atoms with van der Waals surface area (Å²) in [7, 11) is 0. The van der Waals surface area contributed by atoms with E-state index in [1.165, 1.54) is 6.07 Å². The van der Waals surface area contributed by atoms with Gasteiger partial charge >= 0.3 is 0 Å². The van der Waals surface area contributed by atoms with E-state index in [1.54, 1.807) is 25.1 Å². The first-order chi connectivity index (χ1) is 8.15. The third kappa shape index (κ3) is 4.73. The average Bonchev–Trinajstić information content (AvgIpc) is 2.29. The van der Waals surface area contributed by atoms with E-state index in [9.17, 15) is 9.18 Å². The quantitative estimate of drug-likeness (QED) is 0.614. The molecule has 1 N–H and O–H groups in total. The topological polar surface area (TPSA) is 29.1 Å². The van der Waals surface area contributed by atoms with Crippen molar-refractivity contribution in [1.82, 2.24) is 5.32 Å². The molecule has 2 nitrogen and oxygen atoms in total. The highest BCUT2D eigenvalue weighted by Gasteiger charge is 2.12. The standard InChI is InChI=1S/C13H17ClFNO/c1-10(11-6-2-3-7-12(11)15)16-13(17)8-4-5-9-14/h2-3,6-7,10H,4-5,8-9H2,1H3,(H,16,17)/t10-/m1/s1. The van der Waals surface area contributed by atoms with Gasteiger partial charge < -0.3 is 5.32 Å². The van der Waals surface area contributed by atoms with E-state index in [0.717, 1.165) is 12.8 Å². The van der Waals surface area contributed by atoms with Gasteiger partial charge in [0.05, 0.1) is 6.04 Å². The molecular formula is C13H17ClFNO. The first-order valence-corrected chi connectivity index (χ1v) is 6.28. The van der Waals surface area contributed by atoms with E-state index in [-0.39, 0.29) is 17.8 Å². The molecule has 17 heavy (non-hydrogen) atoms. The largest absolute Gasteiger partial charge is 0.349 e. The molecule has 0 saturated carbocycles. The zero-order valence-corrected chi connectivity index (χ0v) is 10.6. The van der Waals surface area contributed by atoms with Gasteiger partial charge in [-0.05, 0) is 25.8 Å². The van der Waals surface area contributed by atoms with Gasteiger partial charge in [0.1, 0.15) is 5.82 Å². The Hall–Kier alpha value is -1.09. The minimum Gasteiger partial charge on any atom is -0.349 e. The first-order valence-electron chi connectivity index (χ1n) is 5.75. The molecule has 0 spiro atoms. The van der Waals surface area contributed by atoms with Gasteiger partial charge in [-0.2, -0.15) is 0 Å². The Bertz CT molecular complexity index is 370. The predicted molar refractivity (Wildman–Crippen MR) is 67.5 cm³/mol. The van der Waals surface area contributed by atoms with Crippen LogP contribution in [0.5, 0.6) is 0 Å². The fraction of sp³-hybridized carbons (Fsp3) is 0.462. The van der Waals surface area contributed by atoms with Crippen LogP contribution in [-0.4, -0.2) is 11.8 Å². The van der Waals surface area contributed by atoms with Crippen LogP contribution in [0.1, 0.15) is 37.8 Å². The molecule has 0 fully saturated rings. The molecule has 0 bridgehead atoms. The van der Waals surface area contributed by atoms with Crippen molar-refractivity contribution >= 4 is 17.5 Å². The molecule has 1 aromatic rings. The normalized spacial score (nSPS) is 12.2. The summed E-state index contributed by atoms with van der Waals surface area (Å²) in [5.74, 6) is 0.211. The number of benzene rings is 1. The summed E-state index contributed by atoms with van der Waals surface area (Å²) >= 11 is 5.53. The highest BCUT2D eigenvalue weighted by atomic mass is 35.5. The maximum Gasteiger partial charge on any atom is 0.220 e. The maximum absolute atomic E-state index is 13.4. The number of hydrogen-bond donors (Lipinski definition) is 1. The van der Waals surface area contributed by atoms with Crippen LogP contribution in [0.4, 0.5) is 4.39 Å². The molecule has 94 valence electrons. The number of alkyl halides is 1. The molecule has 0 radical (unpaired) electrons. The lowest BCUT2D eigenvalue weighted by molar-refractivity contribution is -0.121. The molecule has 0 heterocycles. The lowest BCUT2D eigenvalue weighted by Crippen LogP contribution is -2.26. The Morgan fingerprint density at radius 3 is 2.76 bits per heavy atom. The van der Waals surface area contributed by atoms with Crippen LogP contribution in [-0.2, 0) is 4.79 Å². The molecule has 1 atom stereocenters. The summed E-state index contributed by atoms with van der Waals surface area (Å²) < 4.78 is 13.4. The molecule has 1 rings (SSSR count). The van der Waals surface area contributed by atoms with E-state index in [2.05, 4.69) is 5.32 Å². The van der Waals surface area contributed by atoms with Crippen molar-refractivity contribution in [3.63, 3.8) is 0 Å². The lowest BCUT2D eigenvalue weighted by atomic mass is 10.1. The van der Waals surface area contributed by atoms with Crippen molar-refractivity contribution in [1.29, 1.82) is 0 Å². The van der Waals surface area contributed by atoms with E-state index >= 15 is 0 Å². The minimum atomic E-state index is -0.306. The SMILES string of the molecule is C[C@@H](NC(=O)CCCCCl)c1ccccc1F. The van der Waals surface area contributed by atoms with Gasteiger partial charge in [-0.1, -0.05) is 18.2 Å². The second kappa shape index (κ2) is 7.28. The number of hydrogen-bond acceptors (Lipinski definition) is 1. The molecule has 0 aliphatic heterocycles. The van der Waals surface area contributed by atoms with Crippen LogP contribution >= 0.6 is 11.6 Å². The first kappa shape index (κ1) is 14.0. The Morgan fingerprint density at radius 2 is 2.12 bits per heavy atom. The van der Waals surface area contributed by atoms with Crippen LogP contribution in [0, 0.1) is 5.82 Å². The van der Waals surface area contributed by atoms with Crippen molar-refractivity contribution in [2.45, 2.75) is 32.2 Å². The van der Waals surface area contributed by atoms with Gasteiger partial charge in [0.2, 0.25) is 5.91 Å². The number of halogens is 2. The maximum atomic E-state index is 13.4. The highest BCUT2D eigenvalue weighted by Crippen LogP contribution is 2.16. The smallest absolute Gasteiger partial charge is 0.220 e. The van der Waals surface area contributed by atoms with Gasteiger partial charge in [-0.3, -0.25) is 4.79 Å². The van der Waals surface area contributed by atoms with E-state index in [1.807, 2.05) is 0 Å². The van der Waals surface area contributed by atoms with Crippen LogP contribution in [0.25, 0.3) is 0 Å². The number of nitrogens with one attached hydrogen (secondary N) is 1. The Balaban J connectivity index is 2.46. The van der Waals surface area contributed by atoms with Crippen molar-refractivity contribution in [2.75, 3.05) is 5.88 Å². The van der Waals surface area contributed by atoms with Crippen LogP contribution in [0.3, 0.4) is 0 Å². The van der Waals surface area contributed by atoms with Gasteiger partial charge in [-0.25, -0.2) is 4.39 Å². The highest BCUT2D eigenvalue weighted by molar-refractivity contribution is 6.17. The number of carbonyl (C=O) groups excluding carboxylic acids is 1. The third-order valence-corrected chi connectivity index (χ3v) is 2.80. The fourth-order valence-electron chi connectivity index (χ4n) is 1.60. The fourth-order valence-corrected chi connectivity index (χ4v) is 1.79. The van der Waals surface area contributed by atoms with E-state index in [0.29, 0.717) is 17.9 Å². The Morgan fingerprint density at radius 1 is 1.41 bits per heavy atom. The molecule has 0 saturated heterocycles. The molecular weight excluding hydrogens is 241 g/mol. The van der Waals surface area contributed by atoms with Crippen LogP contribution in [0.15, 0.2) is 24.3 Å². The van der Waals surface area contributed by atoms with Gasteiger partial charge in [0, 0.05) is 17.9 Å². The predicted octanol–water partition coefficient (Wildman–Crippen LogP) is 3.41. The van der Waals surface area contributed by atoms with Crippen molar-refractivity contribution in [3.05, 3.63) is 35.6 Å². The molecule has 0 aliphatic carbocycles. The summed E-state index contributed by atoms with van der Waals surface area (Å²) in [6.07, 6.45) is 2.02. The second-order valence-corrected chi connectivity index (χ2v) is 4.33. The Labute approximate surface area is 106 Å². The number of unbranched alkanes of at least 4 members (excludes halogenated alkanes) is 1. The van der Waals surface area contributed by atoms with Crippen LogP contribution < -0.4 is 5.32 Å². The molecule has 1 amide bonds. The van der Waals surface area contributed by atoms with E-state index in [4.69, 9.17) is 11.6 Å². The van der Waals surface area contributed by atoms with Crippen LogP contribution in [0.2, 0.25) is 0 Å². The number of rotatable bonds is 6. The van der Waals surface area contributed by atoms with Crippen molar-refractivity contribution in [2.24, 2.45) is 0 Å². The summed E-state index contributed by atoms with van der Waals surface area (Å²) in [5, 5.41) is 2.77. The summed E-state index contributed by atoms with van der Waals surface area (Å²) in [4.78, 5) is 11.5. The second-order valence-electron chi connectivity index (χ2n) is 3.96. The van der Waals surface area contributed by atoms with E-state index < -0.39 is 0 Å². The Kier molecular flexibility index (Phi) is 5.98. The monoisotopic (exact) mass is 257 g/mol. The zero-order chi connectivity index (χ0) is 12.7. The summed E-state index contributed by atoms with van der Waals surface area (Å²) in [6, 6.07) is 6.16. The van der Waals surface area contributed by atoms with Gasteiger partial charge in [0.25, 0.3) is 0 Å². The average molecular weight is 258 g/mol. The van der Waals surface area contributed by atoms with Gasteiger partial charge in [-0.15, -0.1) is 11.6 Å². The lowest BCUT2D eigenvalue weighted by Gasteiger charge is -2.14. The zero-order valence-electron chi connectivity index (χ0n) is 9.88. The molecule has 4 heteroatoms. The molecule has 0 aliphatic rings. The summed E-state index contributed by atoms with van der Waals surface area (Å²) in [5.41, 5.74) is 0.512.